The van der Waals surface area contributed by atoms with Crippen LogP contribution in [0, 0.1) is 0 Å². The molecule has 100 valence electrons. The third-order valence-electron chi connectivity index (χ3n) is 2.61. The Morgan fingerprint density at radius 3 is 2.63 bits per heavy atom. The number of ether oxygens (including phenoxy) is 1. The van der Waals surface area contributed by atoms with Gasteiger partial charge in [-0.1, -0.05) is 0 Å². The first-order valence-corrected chi connectivity index (χ1v) is 5.68. The predicted octanol–water partition coefficient (Wildman–Crippen LogP) is -0.304. The van der Waals surface area contributed by atoms with Gasteiger partial charge in [0.1, 0.15) is 0 Å². The minimum absolute atomic E-state index is 0.176. The molecule has 19 heavy (non-hydrogen) atoms. The summed E-state index contributed by atoms with van der Waals surface area (Å²) < 4.78 is 7.62. The second kappa shape index (κ2) is 5.38. The molecule has 2 aromatic rings. The van der Waals surface area contributed by atoms with Crippen LogP contribution in [-0.2, 0) is 13.1 Å². The highest BCUT2D eigenvalue weighted by Crippen LogP contribution is 2.00. The van der Waals surface area contributed by atoms with E-state index in [4.69, 9.17) is 10.5 Å². The first-order valence-electron chi connectivity index (χ1n) is 5.68. The van der Waals surface area contributed by atoms with Crippen molar-refractivity contribution < 1.29 is 4.74 Å². The van der Waals surface area contributed by atoms with Gasteiger partial charge in [-0.05, 0) is 6.07 Å². The van der Waals surface area contributed by atoms with E-state index in [1.807, 2.05) is 0 Å². The average molecular weight is 262 g/mol. The molecule has 7 nitrogen and oxygen atoms in total. The Kier molecular flexibility index (Phi) is 3.65. The van der Waals surface area contributed by atoms with E-state index in [0.717, 1.165) is 0 Å². The highest BCUT2D eigenvalue weighted by atomic mass is 16.5. The van der Waals surface area contributed by atoms with Gasteiger partial charge in [-0.25, -0.2) is 4.68 Å². The molecule has 0 aliphatic heterocycles. The Labute approximate surface area is 108 Å². The molecule has 0 saturated heterocycles. The molecular formula is C12H14N4O3. The molecule has 0 atom stereocenters. The van der Waals surface area contributed by atoms with Gasteiger partial charge >= 0.3 is 0 Å². The quantitative estimate of drug-likeness (QED) is 0.816. The number of hydrogen-bond acceptors (Lipinski definition) is 5. The Morgan fingerprint density at radius 2 is 1.89 bits per heavy atom. The molecule has 2 heterocycles. The highest BCUT2D eigenvalue weighted by molar-refractivity contribution is 5.33. The largest absolute Gasteiger partial charge is 0.480 e. The van der Waals surface area contributed by atoms with Gasteiger partial charge in [0.05, 0.1) is 13.7 Å². The van der Waals surface area contributed by atoms with Crippen LogP contribution in [0.25, 0.3) is 0 Å². The fraction of sp³-hybridized carbons (Fsp3) is 0.250. The Bertz CT molecular complexity index is 690. The van der Waals surface area contributed by atoms with Gasteiger partial charge in [0.25, 0.3) is 11.1 Å². The van der Waals surface area contributed by atoms with Gasteiger partial charge in [-0.15, -0.1) is 5.10 Å². The number of aryl methyl sites for hydroxylation is 2. The summed E-state index contributed by atoms with van der Waals surface area (Å²) in [7, 11) is 1.47. The normalized spacial score (nSPS) is 10.4. The van der Waals surface area contributed by atoms with Crippen molar-refractivity contribution in [2.24, 2.45) is 0 Å². The van der Waals surface area contributed by atoms with Crippen LogP contribution in [0.4, 0.5) is 5.69 Å². The predicted molar refractivity (Wildman–Crippen MR) is 70.2 cm³/mol. The summed E-state index contributed by atoms with van der Waals surface area (Å²) in [6, 6.07) is 5.78. The molecular weight excluding hydrogens is 248 g/mol. The van der Waals surface area contributed by atoms with Crippen molar-refractivity contribution in [3.8, 4) is 5.88 Å². The van der Waals surface area contributed by atoms with Crippen molar-refractivity contribution in [1.29, 1.82) is 0 Å². The molecule has 0 unspecified atom stereocenters. The minimum Gasteiger partial charge on any atom is -0.480 e. The van der Waals surface area contributed by atoms with E-state index in [1.54, 1.807) is 0 Å². The van der Waals surface area contributed by atoms with Crippen LogP contribution in [0.2, 0.25) is 0 Å². The molecule has 2 rings (SSSR count). The molecule has 0 amide bonds. The van der Waals surface area contributed by atoms with Crippen molar-refractivity contribution in [1.82, 2.24) is 14.3 Å². The average Bonchev–Trinajstić information content (AvgIpc) is 2.41. The summed E-state index contributed by atoms with van der Waals surface area (Å²) in [5.41, 5.74) is 5.67. The van der Waals surface area contributed by atoms with Crippen molar-refractivity contribution in [2.45, 2.75) is 13.1 Å². The van der Waals surface area contributed by atoms with E-state index in [9.17, 15) is 9.59 Å². The third kappa shape index (κ3) is 3.01. The first kappa shape index (κ1) is 12.9. The second-order valence-electron chi connectivity index (χ2n) is 3.93. The molecule has 0 spiro atoms. The topological polar surface area (TPSA) is 92.1 Å². The molecule has 0 saturated carbocycles. The fourth-order valence-corrected chi connectivity index (χ4v) is 1.63. The van der Waals surface area contributed by atoms with Gasteiger partial charge in [-0.3, -0.25) is 9.59 Å². The van der Waals surface area contributed by atoms with E-state index in [0.29, 0.717) is 18.1 Å². The van der Waals surface area contributed by atoms with Crippen LogP contribution in [0.5, 0.6) is 5.88 Å². The molecule has 0 radical (unpaired) electrons. The number of aromatic nitrogens is 3. The number of hydrogen-bond donors (Lipinski definition) is 1. The molecule has 0 fully saturated rings. The second-order valence-corrected chi connectivity index (χ2v) is 3.93. The summed E-state index contributed by atoms with van der Waals surface area (Å²) in [4.78, 5) is 23.2. The number of rotatable bonds is 4. The summed E-state index contributed by atoms with van der Waals surface area (Å²) in [6.07, 6.45) is 1.54. The SMILES string of the molecule is COc1ccc(=O)n(CCn2cc(N)ccc2=O)n1. The summed E-state index contributed by atoms with van der Waals surface area (Å²) in [6.45, 7) is 0.573. The zero-order chi connectivity index (χ0) is 13.8. The van der Waals surface area contributed by atoms with E-state index in [1.165, 1.54) is 46.8 Å². The maximum atomic E-state index is 11.6. The summed E-state index contributed by atoms with van der Waals surface area (Å²) in [5.74, 6) is 0.347. The lowest BCUT2D eigenvalue weighted by Crippen LogP contribution is -2.27. The van der Waals surface area contributed by atoms with Crippen molar-refractivity contribution in [2.75, 3.05) is 12.8 Å². The lowest BCUT2D eigenvalue weighted by Gasteiger charge is -2.08. The molecule has 2 N–H and O–H groups in total. The lowest BCUT2D eigenvalue weighted by atomic mass is 10.4. The number of pyridine rings is 1. The van der Waals surface area contributed by atoms with Crippen LogP contribution >= 0.6 is 0 Å². The zero-order valence-electron chi connectivity index (χ0n) is 10.4. The standard InChI is InChI=1S/C12H14N4O3/c1-19-10-3-5-12(18)16(14-10)7-6-15-8-9(13)2-4-11(15)17/h2-5,8H,6-7,13H2,1H3. The number of anilines is 1. The number of nitrogens with two attached hydrogens (primary N) is 1. The zero-order valence-corrected chi connectivity index (χ0v) is 10.4. The van der Waals surface area contributed by atoms with Crippen LogP contribution in [0.1, 0.15) is 0 Å². The van der Waals surface area contributed by atoms with Crippen LogP contribution in [0.3, 0.4) is 0 Å². The van der Waals surface area contributed by atoms with E-state index in [-0.39, 0.29) is 17.7 Å². The monoisotopic (exact) mass is 262 g/mol. The number of methoxy groups -OCH3 is 1. The number of nitrogens with zero attached hydrogens (tertiary/aromatic N) is 3. The molecule has 0 bridgehead atoms. The Balaban J connectivity index is 2.21. The molecule has 0 aromatic carbocycles. The minimum atomic E-state index is -0.252. The maximum Gasteiger partial charge on any atom is 0.267 e. The first-order chi connectivity index (χ1) is 9.10. The molecule has 7 heteroatoms. The van der Waals surface area contributed by atoms with E-state index in [2.05, 4.69) is 5.10 Å². The Hall–Kier alpha value is -2.57. The van der Waals surface area contributed by atoms with Crippen molar-refractivity contribution >= 4 is 5.69 Å². The smallest absolute Gasteiger partial charge is 0.267 e. The molecule has 2 aromatic heterocycles. The van der Waals surface area contributed by atoms with Gasteiger partial charge in [-0.2, -0.15) is 0 Å². The van der Waals surface area contributed by atoms with Crippen LogP contribution in [-0.4, -0.2) is 21.5 Å². The van der Waals surface area contributed by atoms with Crippen LogP contribution in [0.15, 0.2) is 40.1 Å². The third-order valence-corrected chi connectivity index (χ3v) is 2.61. The molecule has 0 aliphatic rings. The van der Waals surface area contributed by atoms with E-state index < -0.39 is 0 Å². The fourth-order valence-electron chi connectivity index (χ4n) is 1.63. The lowest BCUT2D eigenvalue weighted by molar-refractivity contribution is 0.371. The van der Waals surface area contributed by atoms with E-state index >= 15 is 0 Å². The van der Waals surface area contributed by atoms with Gasteiger partial charge in [0.15, 0.2) is 0 Å². The van der Waals surface area contributed by atoms with Gasteiger partial charge in [0, 0.05) is 36.6 Å². The van der Waals surface area contributed by atoms with Crippen molar-refractivity contribution in [3.63, 3.8) is 0 Å². The maximum absolute atomic E-state index is 11.6. The van der Waals surface area contributed by atoms with Gasteiger partial charge in [0.2, 0.25) is 5.88 Å². The Morgan fingerprint density at radius 1 is 1.16 bits per heavy atom. The van der Waals surface area contributed by atoms with Crippen LogP contribution < -0.4 is 21.6 Å². The molecule has 0 aliphatic carbocycles. The summed E-state index contributed by atoms with van der Waals surface area (Å²) >= 11 is 0. The highest BCUT2D eigenvalue weighted by Gasteiger charge is 2.02. The van der Waals surface area contributed by atoms with Gasteiger partial charge < -0.3 is 15.0 Å². The number of nitrogen functional groups attached to an aromatic ring is 1. The van der Waals surface area contributed by atoms with Crippen molar-refractivity contribution in [3.05, 3.63) is 51.2 Å². The summed E-state index contributed by atoms with van der Waals surface area (Å²) in [5, 5.41) is 3.99.